The first kappa shape index (κ1) is 33.7. The van der Waals surface area contributed by atoms with Crippen LogP contribution >= 0.6 is 11.3 Å². The third kappa shape index (κ3) is 7.91. The molecule has 0 aliphatic carbocycles. The molecule has 1 N–H and O–H groups in total. The van der Waals surface area contributed by atoms with Crippen LogP contribution in [-0.4, -0.2) is 43.1 Å². The molecule has 0 spiro atoms. The number of aromatic nitrogens is 1. The molecule has 0 radical (unpaired) electrons. The van der Waals surface area contributed by atoms with E-state index < -0.39 is 54.8 Å². The lowest BCUT2D eigenvalue weighted by Gasteiger charge is -2.25. The number of rotatable bonds is 10. The maximum Gasteiger partial charge on any atom is 0.417 e. The highest BCUT2D eigenvalue weighted by Crippen LogP contribution is 2.35. The molecule has 4 aromatic rings. The molecule has 4 rings (SSSR count). The normalized spacial score (nSPS) is 11.4. The Morgan fingerprint density at radius 1 is 1.02 bits per heavy atom. The van der Waals surface area contributed by atoms with Gasteiger partial charge in [-0.2, -0.15) is 0 Å². The van der Waals surface area contributed by atoms with Gasteiger partial charge in [-0.15, -0.1) is 11.3 Å². The van der Waals surface area contributed by atoms with Gasteiger partial charge in [-0.25, -0.2) is 31.8 Å². The zero-order valence-corrected chi connectivity index (χ0v) is 26.3. The number of amides is 1. The molecule has 13 nitrogen and oxygen atoms in total. The quantitative estimate of drug-likeness (QED) is 0.114. The first-order chi connectivity index (χ1) is 21.6. The lowest BCUT2D eigenvalue weighted by atomic mass is 10.2. The summed E-state index contributed by atoms with van der Waals surface area (Å²) in [6.45, 7) is 4.47. The molecule has 0 atom stereocenters. The summed E-state index contributed by atoms with van der Waals surface area (Å²) in [5.74, 6) is -3.50. The van der Waals surface area contributed by atoms with Gasteiger partial charge in [-0.05, 0) is 62.7 Å². The standard InChI is InChI=1S/C29H26F2N4O9S2/c1-29(2,3)44-27(36)25-26(45-16-32-25)34(15-17-5-9-19(42-4)10-6-17)46(40,41)21-13-22(30)24(23(31)14-21)33-28(37)43-20-11-7-18(8-12-20)35(38)39/h5-14,16H,15H2,1-4H3,(H,33,37). The molecule has 46 heavy (non-hydrogen) atoms. The van der Waals surface area contributed by atoms with Crippen LogP contribution in [0.3, 0.4) is 0 Å². The number of nitro groups is 1. The summed E-state index contributed by atoms with van der Waals surface area (Å²) < 4.78 is 74.7. The van der Waals surface area contributed by atoms with Crippen molar-refractivity contribution in [2.24, 2.45) is 0 Å². The fourth-order valence-electron chi connectivity index (χ4n) is 3.86. The molecular formula is C29H26F2N4O9S2. The van der Waals surface area contributed by atoms with Crippen molar-refractivity contribution < 1.29 is 45.9 Å². The monoisotopic (exact) mass is 676 g/mol. The Balaban J connectivity index is 1.68. The van der Waals surface area contributed by atoms with Crippen molar-refractivity contribution in [2.75, 3.05) is 16.7 Å². The third-order valence-corrected chi connectivity index (χ3v) is 8.63. The Morgan fingerprint density at radius 2 is 1.61 bits per heavy atom. The van der Waals surface area contributed by atoms with E-state index in [1.54, 1.807) is 45.0 Å². The second kappa shape index (κ2) is 13.5. The van der Waals surface area contributed by atoms with Crippen LogP contribution in [0.15, 0.2) is 71.1 Å². The van der Waals surface area contributed by atoms with Crippen molar-refractivity contribution in [3.8, 4) is 11.5 Å². The Morgan fingerprint density at radius 3 is 2.15 bits per heavy atom. The molecule has 0 saturated heterocycles. The molecule has 0 aliphatic heterocycles. The molecule has 0 aliphatic rings. The highest BCUT2D eigenvalue weighted by Gasteiger charge is 2.34. The Labute approximate surface area is 265 Å². The summed E-state index contributed by atoms with van der Waals surface area (Å²) in [5, 5.41) is 12.5. The van der Waals surface area contributed by atoms with Crippen LogP contribution in [0.5, 0.6) is 11.5 Å². The lowest BCUT2D eigenvalue weighted by molar-refractivity contribution is -0.384. The predicted octanol–water partition coefficient (Wildman–Crippen LogP) is 6.30. The summed E-state index contributed by atoms with van der Waals surface area (Å²) in [5.41, 5.74) is -0.896. The molecule has 17 heteroatoms. The number of benzene rings is 3. The van der Waals surface area contributed by atoms with Crippen molar-refractivity contribution in [2.45, 2.75) is 37.8 Å². The Hall–Kier alpha value is -5.16. The molecule has 1 amide bonds. The number of methoxy groups -OCH3 is 1. The second-order valence-electron chi connectivity index (χ2n) is 10.4. The van der Waals surface area contributed by atoms with Crippen LogP contribution in [0.1, 0.15) is 36.8 Å². The van der Waals surface area contributed by atoms with Gasteiger partial charge < -0.3 is 14.2 Å². The topological polar surface area (TPSA) is 167 Å². The highest BCUT2D eigenvalue weighted by atomic mass is 32.2. The van der Waals surface area contributed by atoms with Crippen molar-refractivity contribution in [1.82, 2.24) is 4.98 Å². The molecule has 242 valence electrons. The molecule has 0 bridgehead atoms. The van der Waals surface area contributed by atoms with E-state index in [-0.39, 0.29) is 28.7 Å². The highest BCUT2D eigenvalue weighted by molar-refractivity contribution is 7.93. The average Bonchev–Trinajstić information content (AvgIpc) is 3.47. The largest absolute Gasteiger partial charge is 0.497 e. The zero-order valence-electron chi connectivity index (χ0n) is 24.6. The summed E-state index contributed by atoms with van der Waals surface area (Å²) in [6, 6.07) is 11.6. The number of nitrogens with one attached hydrogen (secondary N) is 1. The van der Waals surface area contributed by atoms with Crippen molar-refractivity contribution in [3.05, 3.63) is 99.2 Å². The number of non-ortho nitro benzene ring substituents is 1. The van der Waals surface area contributed by atoms with Gasteiger partial charge in [0.1, 0.15) is 27.8 Å². The van der Waals surface area contributed by atoms with Gasteiger partial charge in [0, 0.05) is 12.1 Å². The smallest absolute Gasteiger partial charge is 0.417 e. The number of esters is 1. The number of anilines is 2. The maximum atomic E-state index is 15.2. The lowest BCUT2D eigenvalue weighted by Crippen LogP contribution is -2.32. The molecule has 0 saturated carbocycles. The molecule has 0 unspecified atom stereocenters. The number of thiazole rings is 1. The number of nitrogens with zero attached hydrogens (tertiary/aromatic N) is 3. The molecule has 0 fully saturated rings. The second-order valence-corrected chi connectivity index (χ2v) is 13.1. The number of carbonyl (C=O) groups excluding carboxylic acids is 2. The van der Waals surface area contributed by atoms with Crippen molar-refractivity contribution in [3.63, 3.8) is 0 Å². The van der Waals surface area contributed by atoms with Gasteiger partial charge in [0.2, 0.25) is 0 Å². The van der Waals surface area contributed by atoms with Crippen molar-refractivity contribution >= 4 is 49.8 Å². The van der Waals surface area contributed by atoms with Crippen molar-refractivity contribution in [1.29, 1.82) is 0 Å². The van der Waals surface area contributed by atoms with E-state index >= 15 is 8.78 Å². The minimum atomic E-state index is -4.80. The van der Waals surface area contributed by atoms with E-state index in [2.05, 4.69) is 4.98 Å². The number of halogens is 2. The maximum absolute atomic E-state index is 15.2. The molecule has 1 heterocycles. The number of nitro benzene ring substituents is 1. The molecular weight excluding hydrogens is 650 g/mol. The van der Waals surface area contributed by atoms with Gasteiger partial charge >= 0.3 is 12.1 Å². The van der Waals surface area contributed by atoms with E-state index in [0.29, 0.717) is 23.4 Å². The van der Waals surface area contributed by atoms with E-state index in [4.69, 9.17) is 14.2 Å². The summed E-state index contributed by atoms with van der Waals surface area (Å²) in [6.07, 6.45) is -1.35. The third-order valence-electron chi connectivity index (χ3n) is 5.94. The SMILES string of the molecule is COc1ccc(CN(c2scnc2C(=O)OC(C)(C)C)S(=O)(=O)c2cc(F)c(NC(=O)Oc3ccc([N+](=O)[O-])cc3)c(F)c2)cc1. The van der Waals surface area contributed by atoms with Crippen LogP contribution in [0.2, 0.25) is 0 Å². The van der Waals surface area contributed by atoms with E-state index in [1.807, 2.05) is 5.32 Å². The van der Waals surface area contributed by atoms with Crippen LogP contribution < -0.4 is 19.1 Å². The first-order valence-corrected chi connectivity index (χ1v) is 15.5. The number of hydrogen-bond acceptors (Lipinski definition) is 11. The molecule has 1 aromatic heterocycles. The fourth-order valence-corrected chi connectivity index (χ4v) is 6.36. The Bertz CT molecular complexity index is 1850. The van der Waals surface area contributed by atoms with Crippen LogP contribution in [0.4, 0.5) is 30.0 Å². The van der Waals surface area contributed by atoms with Gasteiger partial charge in [-0.1, -0.05) is 12.1 Å². The van der Waals surface area contributed by atoms with E-state index in [0.717, 1.165) is 39.9 Å². The number of sulfonamides is 1. The predicted molar refractivity (Wildman–Crippen MR) is 163 cm³/mol. The number of carbonyl (C=O) groups is 2. The Kier molecular flexibility index (Phi) is 9.86. The summed E-state index contributed by atoms with van der Waals surface area (Å²) in [7, 11) is -3.35. The number of ether oxygens (including phenoxy) is 3. The minimum Gasteiger partial charge on any atom is -0.497 e. The zero-order chi connectivity index (χ0) is 33.8. The van der Waals surface area contributed by atoms with Gasteiger partial charge in [-0.3, -0.25) is 19.7 Å². The van der Waals surface area contributed by atoms with Crippen LogP contribution in [-0.2, 0) is 21.3 Å². The molecule has 3 aromatic carbocycles. The van der Waals surface area contributed by atoms with Gasteiger partial charge in [0.25, 0.3) is 15.7 Å². The van der Waals surface area contributed by atoms with E-state index in [9.17, 15) is 28.1 Å². The van der Waals surface area contributed by atoms with Gasteiger partial charge in [0.05, 0.1) is 29.0 Å². The summed E-state index contributed by atoms with van der Waals surface area (Å²) in [4.78, 5) is 38.6. The minimum absolute atomic E-state index is 0.164. The van der Waals surface area contributed by atoms with Gasteiger partial charge in [0.15, 0.2) is 17.3 Å². The number of hydrogen-bond donors (Lipinski definition) is 1. The van der Waals surface area contributed by atoms with Crippen LogP contribution in [0, 0.1) is 21.7 Å². The fraction of sp³-hybridized carbons (Fsp3) is 0.207. The van der Waals surface area contributed by atoms with E-state index in [1.165, 1.54) is 12.6 Å². The first-order valence-electron chi connectivity index (χ1n) is 13.1. The summed E-state index contributed by atoms with van der Waals surface area (Å²) >= 11 is 0.795. The van der Waals surface area contributed by atoms with Crippen LogP contribution in [0.25, 0.3) is 0 Å². The average molecular weight is 677 g/mol.